The van der Waals surface area contributed by atoms with E-state index in [-0.39, 0.29) is 25.1 Å². The van der Waals surface area contributed by atoms with E-state index in [0.29, 0.717) is 37.9 Å². The first-order valence-corrected chi connectivity index (χ1v) is 17.0. The molecule has 3 N–H and O–H groups in total. The summed E-state index contributed by atoms with van der Waals surface area (Å²) in [5.41, 5.74) is -1.23. The number of carbonyl (C=O) groups is 4. The van der Waals surface area contributed by atoms with Crippen molar-refractivity contribution in [2.45, 2.75) is 88.1 Å². The fourth-order valence-electron chi connectivity index (χ4n) is 5.90. The van der Waals surface area contributed by atoms with Gasteiger partial charge in [-0.3, -0.25) is 19.1 Å². The quantitative estimate of drug-likeness (QED) is 0.333. The van der Waals surface area contributed by atoms with Crippen molar-refractivity contribution in [2.24, 2.45) is 5.41 Å². The van der Waals surface area contributed by atoms with E-state index in [1.165, 1.54) is 12.0 Å². The first-order valence-electron chi connectivity index (χ1n) is 15.5. The Bertz CT molecular complexity index is 1600. The second-order valence-electron chi connectivity index (χ2n) is 13.5. The monoisotopic (exact) mass is 654 g/mol. The summed E-state index contributed by atoms with van der Waals surface area (Å²) < 4.78 is 38.6. The van der Waals surface area contributed by atoms with Crippen molar-refractivity contribution in [1.82, 2.24) is 20.3 Å². The maximum atomic E-state index is 13.9. The van der Waals surface area contributed by atoms with Gasteiger partial charge in [0, 0.05) is 6.54 Å². The summed E-state index contributed by atoms with van der Waals surface area (Å²) in [7, 11) is -2.56. The van der Waals surface area contributed by atoms with Gasteiger partial charge in [-0.1, -0.05) is 63.2 Å². The predicted octanol–water partition coefficient (Wildman–Crippen LogP) is 3.06. The molecular formula is C33H42N4O8S. The van der Waals surface area contributed by atoms with Crippen LogP contribution in [0.5, 0.6) is 11.5 Å². The van der Waals surface area contributed by atoms with Gasteiger partial charge in [0.05, 0.1) is 11.9 Å². The molecular weight excluding hydrogens is 612 g/mol. The van der Waals surface area contributed by atoms with Crippen LogP contribution in [-0.2, 0) is 30.8 Å². The van der Waals surface area contributed by atoms with E-state index < -0.39 is 61.6 Å². The number of sulfonamides is 1. The van der Waals surface area contributed by atoms with E-state index in [4.69, 9.17) is 9.47 Å². The summed E-state index contributed by atoms with van der Waals surface area (Å²) >= 11 is 0. The van der Waals surface area contributed by atoms with Crippen molar-refractivity contribution in [3.8, 4) is 11.5 Å². The number of hydrogen-bond donors (Lipinski definition) is 3. The van der Waals surface area contributed by atoms with E-state index in [9.17, 15) is 27.6 Å². The second kappa shape index (κ2) is 12.6. The zero-order valence-corrected chi connectivity index (χ0v) is 27.4. The maximum Gasteiger partial charge on any atom is 0.413 e. The van der Waals surface area contributed by atoms with Crippen molar-refractivity contribution in [3.63, 3.8) is 0 Å². The van der Waals surface area contributed by atoms with Crippen LogP contribution in [0, 0.1) is 5.41 Å². The second-order valence-corrected chi connectivity index (χ2v) is 15.6. The number of nitrogens with zero attached hydrogens (tertiary/aromatic N) is 1. The molecule has 2 saturated carbocycles. The predicted molar refractivity (Wildman–Crippen MR) is 169 cm³/mol. The fourth-order valence-corrected chi connectivity index (χ4v) is 7.55. The molecule has 0 radical (unpaired) electrons. The van der Waals surface area contributed by atoms with Gasteiger partial charge in [0.1, 0.15) is 17.6 Å². The first kappa shape index (κ1) is 33.2. The molecule has 2 atom stereocenters. The number of amides is 4. The molecule has 1 saturated heterocycles. The Hall–Kier alpha value is -4.13. The van der Waals surface area contributed by atoms with Crippen molar-refractivity contribution in [1.29, 1.82) is 0 Å². The zero-order valence-electron chi connectivity index (χ0n) is 26.6. The lowest BCUT2D eigenvalue weighted by Crippen LogP contribution is -2.60. The van der Waals surface area contributed by atoms with Crippen LogP contribution in [0.3, 0.4) is 0 Å². The molecule has 4 amide bonds. The smallest absolute Gasteiger partial charge is 0.413 e. The van der Waals surface area contributed by atoms with E-state index in [2.05, 4.69) is 15.4 Å². The summed E-state index contributed by atoms with van der Waals surface area (Å²) in [5.74, 6) is -1.23. The van der Waals surface area contributed by atoms with Crippen molar-refractivity contribution < 1.29 is 37.1 Å². The average molecular weight is 655 g/mol. The van der Waals surface area contributed by atoms with Gasteiger partial charge in [-0.15, -0.1) is 0 Å². The Morgan fingerprint density at radius 1 is 0.957 bits per heavy atom. The molecule has 2 aliphatic carbocycles. The Morgan fingerprint density at radius 2 is 1.59 bits per heavy atom. The van der Waals surface area contributed by atoms with Crippen LogP contribution in [0.15, 0.2) is 54.6 Å². The highest BCUT2D eigenvalue weighted by molar-refractivity contribution is 7.91. The molecule has 1 heterocycles. The lowest BCUT2D eigenvalue weighted by molar-refractivity contribution is -0.142. The highest BCUT2D eigenvalue weighted by Gasteiger charge is 2.59. The third-order valence-electron chi connectivity index (χ3n) is 9.01. The lowest BCUT2D eigenvalue weighted by atomic mass is 9.85. The van der Waals surface area contributed by atoms with Crippen LogP contribution in [0.4, 0.5) is 4.79 Å². The number of para-hydroxylation sites is 2. The Balaban J connectivity index is 1.23. The number of methoxy groups -OCH3 is 1. The summed E-state index contributed by atoms with van der Waals surface area (Å²) in [4.78, 5) is 55.1. The van der Waals surface area contributed by atoms with Gasteiger partial charge in [-0.05, 0) is 68.1 Å². The first-order chi connectivity index (χ1) is 21.7. The zero-order chi connectivity index (χ0) is 33.3. The molecule has 2 aromatic carbocycles. The number of likely N-dealkylation sites (tertiary alicyclic amines) is 1. The topological polar surface area (TPSA) is 160 Å². The lowest BCUT2D eigenvalue weighted by Gasteiger charge is -2.35. The van der Waals surface area contributed by atoms with Gasteiger partial charge in [0.2, 0.25) is 21.8 Å². The van der Waals surface area contributed by atoms with Gasteiger partial charge in [-0.25, -0.2) is 13.2 Å². The average Bonchev–Trinajstić information content (AvgIpc) is 3.92. The molecule has 3 aliphatic rings. The molecule has 5 rings (SSSR count). The molecule has 0 aromatic heterocycles. The van der Waals surface area contributed by atoms with E-state index in [1.54, 1.807) is 45.0 Å². The Kier molecular flexibility index (Phi) is 9.09. The van der Waals surface area contributed by atoms with Gasteiger partial charge < -0.3 is 25.0 Å². The molecule has 248 valence electrons. The van der Waals surface area contributed by atoms with Crippen LogP contribution in [0.25, 0.3) is 0 Å². The van der Waals surface area contributed by atoms with Crippen LogP contribution >= 0.6 is 0 Å². The van der Waals surface area contributed by atoms with Crippen LogP contribution in [-0.4, -0.2) is 73.2 Å². The molecule has 3 fully saturated rings. The van der Waals surface area contributed by atoms with E-state index >= 15 is 0 Å². The normalized spacial score (nSPS) is 20.2. The summed E-state index contributed by atoms with van der Waals surface area (Å²) in [6.45, 7) is 5.65. The van der Waals surface area contributed by atoms with Crippen LogP contribution in [0.1, 0.15) is 64.9 Å². The molecule has 1 aliphatic heterocycles. The minimum absolute atomic E-state index is 0.184. The SMILES string of the molecule is COc1ccccc1OC(=O)N[C@H](C(=O)N1CCC[C@H]1C(=O)NC1(C(=O)NS(=O)(=O)C2(Cc3ccccc3)CC2)CC1)C(C)(C)C. The molecule has 0 bridgehead atoms. The number of nitrogens with one attached hydrogen (secondary N) is 3. The summed E-state index contributed by atoms with van der Waals surface area (Å²) in [6.07, 6.45) is 1.80. The fraction of sp³-hybridized carbons (Fsp3) is 0.515. The van der Waals surface area contributed by atoms with Crippen LogP contribution in [0.2, 0.25) is 0 Å². The number of benzene rings is 2. The Morgan fingerprint density at radius 3 is 2.17 bits per heavy atom. The number of ether oxygens (including phenoxy) is 2. The van der Waals surface area contributed by atoms with Gasteiger partial charge in [0.15, 0.2) is 11.5 Å². The third kappa shape index (κ3) is 6.98. The minimum Gasteiger partial charge on any atom is -0.493 e. The summed E-state index contributed by atoms with van der Waals surface area (Å²) in [6, 6.07) is 14.0. The van der Waals surface area contributed by atoms with Crippen LogP contribution < -0.4 is 24.8 Å². The standard InChI is InChI=1S/C33H42N4O8S/c1-31(2,3)26(34-30(41)45-25-15-9-8-14-24(25)44-4)28(39)37-20-10-13-23(37)27(38)35-33(18-19-33)29(40)36-46(42,43)32(16-17-32)21-22-11-6-5-7-12-22/h5-9,11-12,14-15,23,26H,10,13,16-21H2,1-4H3,(H,34,41)(H,35,38)(H,36,40)/t23-,26+/m0/s1. The minimum atomic E-state index is -4.01. The molecule has 13 heteroatoms. The van der Waals surface area contributed by atoms with E-state index in [0.717, 1.165) is 5.56 Å². The molecule has 0 spiro atoms. The van der Waals surface area contributed by atoms with E-state index in [1.807, 2.05) is 30.3 Å². The van der Waals surface area contributed by atoms with Gasteiger partial charge in [-0.2, -0.15) is 0 Å². The van der Waals surface area contributed by atoms with Gasteiger partial charge in [0.25, 0.3) is 5.91 Å². The van der Waals surface area contributed by atoms with Crippen molar-refractivity contribution in [3.05, 3.63) is 60.2 Å². The summed E-state index contributed by atoms with van der Waals surface area (Å²) in [5, 5.41) is 5.43. The highest BCUT2D eigenvalue weighted by Crippen LogP contribution is 2.46. The van der Waals surface area contributed by atoms with Crippen molar-refractivity contribution in [2.75, 3.05) is 13.7 Å². The maximum absolute atomic E-state index is 13.9. The number of carbonyl (C=O) groups excluding carboxylic acids is 4. The largest absolute Gasteiger partial charge is 0.493 e. The molecule has 0 unspecified atom stereocenters. The van der Waals surface area contributed by atoms with Crippen molar-refractivity contribution >= 4 is 33.8 Å². The molecule has 12 nitrogen and oxygen atoms in total. The van der Waals surface area contributed by atoms with Gasteiger partial charge >= 0.3 is 6.09 Å². The highest BCUT2D eigenvalue weighted by atomic mass is 32.2. The number of rotatable bonds is 11. The third-order valence-corrected chi connectivity index (χ3v) is 11.2. The molecule has 46 heavy (non-hydrogen) atoms. The Labute approximate surface area is 269 Å². The number of hydrogen-bond acceptors (Lipinski definition) is 8. The molecule has 2 aromatic rings.